The largest absolute Gasteiger partial charge is 0.389 e. The van der Waals surface area contributed by atoms with E-state index in [2.05, 4.69) is 14.8 Å². The van der Waals surface area contributed by atoms with Crippen molar-refractivity contribution in [1.82, 2.24) is 14.8 Å². The smallest absolute Gasteiger partial charge is 0.196 e. The summed E-state index contributed by atoms with van der Waals surface area (Å²) >= 11 is 1.38. The van der Waals surface area contributed by atoms with Crippen LogP contribution < -0.4 is 0 Å². The molecule has 2 aromatic rings. The second-order valence-corrected chi connectivity index (χ2v) is 6.30. The highest BCUT2D eigenvalue weighted by molar-refractivity contribution is 7.99. The van der Waals surface area contributed by atoms with E-state index in [-0.39, 0.29) is 5.82 Å². The second-order valence-electron chi connectivity index (χ2n) is 5.29. The maximum absolute atomic E-state index is 13.9. The molecular weight excluding hydrogens is 289 g/mol. The van der Waals surface area contributed by atoms with Crippen molar-refractivity contribution in [2.75, 3.05) is 0 Å². The number of aryl methyl sites for hydroxylation is 1. The van der Waals surface area contributed by atoms with Crippen LogP contribution in [0.1, 0.15) is 43.7 Å². The standard InChI is InChI=1S/C15H18FN3OS/c1-10(20)14-11(16)6-5-7-12(14)21-15-18-17-13-8-3-2-4-9-19(13)15/h5-7,10,20H,2-4,8-9H2,1H3/t10-/m0/s1. The number of aliphatic hydroxyl groups excluding tert-OH is 1. The van der Waals surface area contributed by atoms with Crippen molar-refractivity contribution in [1.29, 1.82) is 0 Å². The normalized spacial score (nSPS) is 16.3. The molecule has 21 heavy (non-hydrogen) atoms. The summed E-state index contributed by atoms with van der Waals surface area (Å²) in [5.41, 5.74) is 0.327. The number of halogens is 1. The van der Waals surface area contributed by atoms with Crippen molar-refractivity contribution >= 4 is 11.8 Å². The van der Waals surface area contributed by atoms with Crippen molar-refractivity contribution in [3.05, 3.63) is 35.4 Å². The van der Waals surface area contributed by atoms with Gasteiger partial charge in [-0.1, -0.05) is 12.5 Å². The lowest BCUT2D eigenvalue weighted by Gasteiger charge is -2.13. The molecule has 4 nitrogen and oxygen atoms in total. The van der Waals surface area contributed by atoms with Crippen molar-refractivity contribution in [2.24, 2.45) is 0 Å². The van der Waals surface area contributed by atoms with Crippen molar-refractivity contribution in [3.8, 4) is 0 Å². The van der Waals surface area contributed by atoms with Crippen molar-refractivity contribution in [2.45, 2.75) is 55.3 Å². The van der Waals surface area contributed by atoms with Gasteiger partial charge in [-0.25, -0.2) is 4.39 Å². The zero-order chi connectivity index (χ0) is 14.8. The summed E-state index contributed by atoms with van der Waals surface area (Å²) < 4.78 is 16.0. The number of aliphatic hydroxyl groups is 1. The first-order valence-corrected chi connectivity index (χ1v) is 8.05. The number of rotatable bonds is 3. The summed E-state index contributed by atoms with van der Waals surface area (Å²) in [6, 6.07) is 4.84. The molecule has 0 unspecified atom stereocenters. The minimum atomic E-state index is -0.847. The molecule has 2 heterocycles. The van der Waals surface area contributed by atoms with Crippen LogP contribution in [0.25, 0.3) is 0 Å². The summed E-state index contributed by atoms with van der Waals surface area (Å²) in [6.07, 6.45) is 3.55. The molecule has 0 amide bonds. The van der Waals surface area contributed by atoms with Crippen LogP contribution in [0.4, 0.5) is 4.39 Å². The van der Waals surface area contributed by atoms with Crippen LogP contribution in [0.5, 0.6) is 0 Å². The fourth-order valence-electron chi connectivity index (χ4n) is 2.64. The molecule has 0 saturated heterocycles. The van der Waals surface area contributed by atoms with E-state index in [1.807, 2.05) is 6.07 Å². The molecule has 1 aliphatic heterocycles. The van der Waals surface area contributed by atoms with E-state index in [4.69, 9.17) is 0 Å². The van der Waals surface area contributed by atoms with Crippen LogP contribution in [0.15, 0.2) is 28.3 Å². The van der Waals surface area contributed by atoms with Crippen molar-refractivity contribution < 1.29 is 9.50 Å². The van der Waals surface area contributed by atoms with Gasteiger partial charge >= 0.3 is 0 Å². The minimum Gasteiger partial charge on any atom is -0.389 e. The average molecular weight is 307 g/mol. The zero-order valence-corrected chi connectivity index (χ0v) is 12.7. The summed E-state index contributed by atoms with van der Waals surface area (Å²) in [5, 5.41) is 19.1. The van der Waals surface area contributed by atoms with E-state index in [0.29, 0.717) is 10.5 Å². The SMILES string of the molecule is C[C@H](O)c1c(F)cccc1Sc1nnc2n1CCCCC2. The highest BCUT2D eigenvalue weighted by Crippen LogP contribution is 2.34. The molecule has 1 aliphatic rings. The molecule has 1 N–H and O–H groups in total. The van der Waals surface area contributed by atoms with Crippen LogP contribution >= 0.6 is 11.8 Å². The Bertz CT molecular complexity index is 642. The lowest BCUT2D eigenvalue weighted by atomic mass is 10.1. The molecule has 3 rings (SSSR count). The fourth-order valence-corrected chi connectivity index (χ4v) is 3.75. The molecule has 0 radical (unpaired) electrons. The van der Waals surface area contributed by atoms with E-state index in [9.17, 15) is 9.50 Å². The van der Waals surface area contributed by atoms with Crippen LogP contribution in [0.2, 0.25) is 0 Å². The first-order chi connectivity index (χ1) is 10.2. The molecule has 112 valence electrons. The number of hydrogen-bond acceptors (Lipinski definition) is 4. The summed E-state index contributed by atoms with van der Waals surface area (Å²) in [7, 11) is 0. The number of aromatic nitrogens is 3. The number of nitrogens with zero attached hydrogens (tertiary/aromatic N) is 3. The highest BCUT2D eigenvalue weighted by atomic mass is 32.2. The van der Waals surface area contributed by atoms with E-state index in [1.54, 1.807) is 13.0 Å². The van der Waals surface area contributed by atoms with E-state index in [1.165, 1.54) is 24.2 Å². The zero-order valence-electron chi connectivity index (χ0n) is 11.9. The highest BCUT2D eigenvalue weighted by Gasteiger charge is 2.19. The van der Waals surface area contributed by atoms with Gasteiger partial charge in [0.2, 0.25) is 0 Å². The molecule has 1 aromatic heterocycles. The van der Waals surface area contributed by atoms with Gasteiger partial charge in [0.25, 0.3) is 0 Å². The summed E-state index contributed by atoms with van der Waals surface area (Å²) in [5.74, 6) is 0.621. The van der Waals surface area contributed by atoms with E-state index >= 15 is 0 Å². The molecule has 0 aliphatic carbocycles. The van der Waals surface area contributed by atoms with Crippen LogP contribution in [0.3, 0.4) is 0 Å². The van der Waals surface area contributed by atoms with Crippen molar-refractivity contribution in [3.63, 3.8) is 0 Å². The molecule has 0 saturated carbocycles. The quantitative estimate of drug-likeness (QED) is 0.945. The third-order valence-corrected chi connectivity index (χ3v) is 4.77. The lowest BCUT2D eigenvalue weighted by Crippen LogP contribution is -2.03. The molecule has 0 bridgehead atoms. The van der Waals surface area contributed by atoms with Gasteiger partial charge in [0, 0.05) is 23.4 Å². The van der Waals surface area contributed by atoms with Crippen LogP contribution in [0, 0.1) is 5.82 Å². The maximum Gasteiger partial charge on any atom is 0.196 e. The summed E-state index contributed by atoms with van der Waals surface area (Å²) in [6.45, 7) is 2.48. The topological polar surface area (TPSA) is 50.9 Å². The van der Waals surface area contributed by atoms with Gasteiger partial charge in [-0.15, -0.1) is 10.2 Å². The van der Waals surface area contributed by atoms with E-state index < -0.39 is 6.10 Å². The predicted molar refractivity (Wildman–Crippen MR) is 78.7 cm³/mol. The van der Waals surface area contributed by atoms with Gasteiger partial charge in [-0.2, -0.15) is 0 Å². The Labute approximate surface area is 127 Å². The average Bonchev–Trinajstić information content (AvgIpc) is 2.68. The van der Waals surface area contributed by atoms with Crippen LogP contribution in [-0.4, -0.2) is 19.9 Å². The van der Waals surface area contributed by atoms with Gasteiger partial charge in [0.15, 0.2) is 5.16 Å². The molecule has 0 spiro atoms. The Hall–Kier alpha value is -1.40. The first kappa shape index (κ1) is 14.5. The lowest BCUT2D eigenvalue weighted by molar-refractivity contribution is 0.191. The Morgan fingerprint density at radius 1 is 1.29 bits per heavy atom. The predicted octanol–water partition coefficient (Wildman–Crippen LogP) is 3.35. The summed E-state index contributed by atoms with van der Waals surface area (Å²) in [4.78, 5) is 0.699. The van der Waals surface area contributed by atoms with Gasteiger partial charge in [0.1, 0.15) is 11.6 Å². The molecule has 0 fully saturated rings. The van der Waals surface area contributed by atoms with E-state index in [0.717, 1.165) is 36.8 Å². The van der Waals surface area contributed by atoms with Gasteiger partial charge in [0.05, 0.1) is 6.10 Å². The molecule has 1 atom stereocenters. The molecule has 6 heteroatoms. The van der Waals surface area contributed by atoms with Crippen LogP contribution in [-0.2, 0) is 13.0 Å². The third-order valence-electron chi connectivity index (χ3n) is 3.71. The number of benzene rings is 1. The minimum absolute atomic E-state index is 0.327. The Kier molecular flexibility index (Phi) is 4.26. The monoisotopic (exact) mass is 307 g/mol. The molecule has 1 aromatic carbocycles. The second kappa shape index (κ2) is 6.15. The third kappa shape index (κ3) is 2.96. The van der Waals surface area contributed by atoms with Gasteiger partial charge in [-0.3, -0.25) is 0 Å². The number of fused-ring (bicyclic) bond motifs is 1. The van der Waals surface area contributed by atoms with Gasteiger partial charge < -0.3 is 9.67 Å². The van der Waals surface area contributed by atoms with Gasteiger partial charge in [-0.05, 0) is 43.7 Å². The Morgan fingerprint density at radius 2 is 2.14 bits per heavy atom. The fraction of sp³-hybridized carbons (Fsp3) is 0.467. The number of hydrogen-bond donors (Lipinski definition) is 1. The maximum atomic E-state index is 13.9. The Morgan fingerprint density at radius 3 is 2.95 bits per heavy atom. The Balaban J connectivity index is 1.95. The first-order valence-electron chi connectivity index (χ1n) is 7.23. The molecular formula is C15H18FN3OS.